The van der Waals surface area contributed by atoms with Crippen molar-refractivity contribution >= 4 is 63.5 Å². The van der Waals surface area contributed by atoms with E-state index in [0.29, 0.717) is 19.3 Å². The number of para-hydroxylation sites is 2. The summed E-state index contributed by atoms with van der Waals surface area (Å²) in [6.45, 7) is 0. The second kappa shape index (κ2) is 7.75. The van der Waals surface area contributed by atoms with Gasteiger partial charge in [0.2, 0.25) is 0 Å². The summed E-state index contributed by atoms with van der Waals surface area (Å²) in [5.41, 5.74) is 2.60. The summed E-state index contributed by atoms with van der Waals surface area (Å²) >= 11 is 19.0. The highest BCUT2D eigenvalue weighted by atomic mass is 35.5. The highest BCUT2D eigenvalue weighted by Gasteiger charge is 2.42. The van der Waals surface area contributed by atoms with Crippen molar-refractivity contribution in [3.8, 4) is 11.5 Å². The van der Waals surface area contributed by atoms with Gasteiger partial charge in [0.25, 0.3) is 5.91 Å². The number of benzene rings is 3. The van der Waals surface area contributed by atoms with E-state index in [1.807, 2.05) is 54.6 Å². The van der Waals surface area contributed by atoms with Crippen LogP contribution >= 0.6 is 47.2 Å². The van der Waals surface area contributed by atoms with Gasteiger partial charge in [0.1, 0.15) is 15.8 Å². The first-order valence-electron chi connectivity index (χ1n) is 9.11. The molecule has 0 atom stereocenters. The molecule has 2 aliphatic heterocycles. The highest BCUT2D eigenvalue weighted by molar-refractivity contribution is 8.26. The smallest absolute Gasteiger partial charge is 0.267 e. The van der Waals surface area contributed by atoms with E-state index in [1.165, 1.54) is 11.8 Å². The van der Waals surface area contributed by atoms with Crippen molar-refractivity contribution in [2.45, 2.75) is 6.04 Å². The van der Waals surface area contributed by atoms with Crippen LogP contribution < -0.4 is 4.74 Å². The van der Waals surface area contributed by atoms with E-state index in [9.17, 15) is 4.79 Å². The van der Waals surface area contributed by atoms with Crippen molar-refractivity contribution in [1.29, 1.82) is 0 Å². The summed E-state index contributed by atoms with van der Waals surface area (Å²) in [5, 5.41) is 0.907. The predicted octanol–water partition coefficient (Wildman–Crippen LogP) is 7.09. The van der Waals surface area contributed by atoms with Crippen LogP contribution in [0, 0.1) is 0 Å². The number of carbonyl (C=O) groups excluding carboxylic acids is 1. The SMILES string of the molecule is O=C1/C(=C/c2ccc(Cl)c(Cl)c2)SC(=S)N1C1c2ccccc2Oc2ccccc21. The maximum Gasteiger partial charge on any atom is 0.267 e. The lowest BCUT2D eigenvalue weighted by Crippen LogP contribution is -2.34. The van der Waals surface area contributed by atoms with E-state index in [2.05, 4.69) is 0 Å². The minimum absolute atomic E-state index is 0.146. The minimum atomic E-state index is -0.349. The third-order valence-corrected chi connectivity index (χ3v) is 7.04. The zero-order valence-corrected chi connectivity index (χ0v) is 18.5. The molecule has 3 nitrogen and oxygen atoms in total. The van der Waals surface area contributed by atoms with Gasteiger partial charge in [0.05, 0.1) is 21.0 Å². The molecule has 0 radical (unpaired) electrons. The van der Waals surface area contributed by atoms with Crippen LogP contribution in [-0.2, 0) is 4.79 Å². The minimum Gasteiger partial charge on any atom is -0.457 e. The van der Waals surface area contributed by atoms with Gasteiger partial charge in [-0.25, -0.2) is 0 Å². The van der Waals surface area contributed by atoms with Gasteiger partial charge < -0.3 is 4.74 Å². The fraction of sp³-hybridized carbons (Fsp3) is 0.0435. The van der Waals surface area contributed by atoms with Gasteiger partial charge in [-0.15, -0.1) is 0 Å². The van der Waals surface area contributed by atoms with E-state index < -0.39 is 0 Å². The summed E-state index contributed by atoms with van der Waals surface area (Å²) in [6, 6.07) is 20.4. The predicted molar refractivity (Wildman–Crippen MR) is 126 cm³/mol. The van der Waals surface area contributed by atoms with E-state index in [-0.39, 0.29) is 11.9 Å². The molecule has 3 aromatic rings. The Balaban J connectivity index is 1.58. The quantitative estimate of drug-likeness (QED) is 0.295. The first-order chi connectivity index (χ1) is 14.5. The fourth-order valence-electron chi connectivity index (χ4n) is 3.62. The molecule has 1 fully saturated rings. The zero-order valence-electron chi connectivity index (χ0n) is 15.3. The first-order valence-corrected chi connectivity index (χ1v) is 11.1. The molecule has 148 valence electrons. The molecule has 0 N–H and O–H groups in total. The van der Waals surface area contributed by atoms with Crippen molar-refractivity contribution in [2.24, 2.45) is 0 Å². The molecule has 0 saturated carbocycles. The van der Waals surface area contributed by atoms with E-state index >= 15 is 0 Å². The molecular formula is C23H13Cl2NO2S2. The van der Waals surface area contributed by atoms with E-state index in [1.54, 1.807) is 23.1 Å². The van der Waals surface area contributed by atoms with Crippen LogP contribution in [-0.4, -0.2) is 15.1 Å². The molecule has 1 amide bonds. The van der Waals surface area contributed by atoms with Crippen molar-refractivity contribution in [2.75, 3.05) is 0 Å². The van der Waals surface area contributed by atoms with E-state index in [0.717, 1.165) is 28.2 Å². The number of ether oxygens (including phenoxy) is 1. The van der Waals surface area contributed by atoms with E-state index in [4.69, 9.17) is 40.2 Å². The summed E-state index contributed by atoms with van der Waals surface area (Å²) in [7, 11) is 0. The van der Waals surface area contributed by atoms with Gasteiger partial charge in [-0.1, -0.05) is 89.6 Å². The Morgan fingerprint density at radius 3 is 2.20 bits per heavy atom. The standard InChI is InChI=1S/C23H13Cl2NO2S2/c24-16-10-9-13(11-17(16)25)12-20-22(27)26(23(29)30-20)21-14-5-1-3-7-18(14)28-19-8-4-2-6-15(19)21/h1-12,21H/b20-12-. The summed E-state index contributed by atoms with van der Waals surface area (Å²) < 4.78 is 6.56. The molecule has 0 aromatic heterocycles. The van der Waals surface area contributed by atoms with Crippen LogP contribution in [0.4, 0.5) is 0 Å². The second-order valence-corrected chi connectivity index (χ2v) is 9.30. The Kier molecular flexibility index (Phi) is 5.07. The average molecular weight is 470 g/mol. The van der Waals surface area contributed by atoms with Crippen LogP contribution in [0.25, 0.3) is 6.08 Å². The lowest BCUT2D eigenvalue weighted by Gasteiger charge is -2.33. The van der Waals surface area contributed by atoms with Crippen molar-refractivity contribution in [3.05, 3.63) is 98.4 Å². The Bertz CT molecular complexity index is 1200. The number of carbonyl (C=O) groups is 1. The molecule has 1 saturated heterocycles. The van der Waals surface area contributed by atoms with Gasteiger partial charge in [0, 0.05) is 11.1 Å². The Hall–Kier alpha value is -2.31. The zero-order chi connectivity index (χ0) is 20.8. The van der Waals surface area contributed by atoms with Crippen LogP contribution in [0.2, 0.25) is 10.0 Å². The van der Waals surface area contributed by atoms with Crippen molar-refractivity contribution < 1.29 is 9.53 Å². The number of hydrogen-bond donors (Lipinski definition) is 0. The molecule has 3 aromatic carbocycles. The maximum absolute atomic E-state index is 13.4. The number of fused-ring (bicyclic) bond motifs is 2. The fourth-order valence-corrected chi connectivity index (χ4v) is 5.24. The number of nitrogens with zero attached hydrogens (tertiary/aromatic N) is 1. The molecule has 5 rings (SSSR count). The second-order valence-electron chi connectivity index (χ2n) is 6.81. The largest absolute Gasteiger partial charge is 0.457 e. The molecule has 0 bridgehead atoms. The maximum atomic E-state index is 13.4. The first kappa shape index (κ1) is 19.6. The number of rotatable bonds is 2. The van der Waals surface area contributed by atoms with Crippen LogP contribution in [0.3, 0.4) is 0 Å². The van der Waals surface area contributed by atoms with Gasteiger partial charge in [-0.05, 0) is 35.9 Å². The van der Waals surface area contributed by atoms with Gasteiger partial charge >= 0.3 is 0 Å². The normalized spacial score (nSPS) is 17.1. The third-order valence-electron chi connectivity index (χ3n) is 4.97. The highest BCUT2D eigenvalue weighted by Crippen LogP contribution is 2.49. The molecular weight excluding hydrogens is 457 g/mol. The number of thiocarbonyl (C=S) groups is 1. The van der Waals surface area contributed by atoms with Crippen molar-refractivity contribution in [3.63, 3.8) is 0 Å². The lowest BCUT2D eigenvalue weighted by molar-refractivity contribution is -0.123. The molecule has 30 heavy (non-hydrogen) atoms. The molecule has 7 heteroatoms. The van der Waals surface area contributed by atoms with Crippen LogP contribution in [0.5, 0.6) is 11.5 Å². The number of amides is 1. The summed E-state index contributed by atoms with van der Waals surface area (Å²) in [6.07, 6.45) is 1.79. The van der Waals surface area contributed by atoms with Gasteiger partial charge in [0.15, 0.2) is 0 Å². The molecule has 2 heterocycles. The van der Waals surface area contributed by atoms with Gasteiger partial charge in [-0.2, -0.15) is 0 Å². The van der Waals surface area contributed by atoms with Gasteiger partial charge in [-0.3, -0.25) is 9.69 Å². The molecule has 0 spiro atoms. The van der Waals surface area contributed by atoms with Crippen LogP contribution in [0.15, 0.2) is 71.6 Å². The number of hydrogen-bond acceptors (Lipinski definition) is 4. The van der Waals surface area contributed by atoms with Crippen molar-refractivity contribution in [1.82, 2.24) is 4.90 Å². The molecule has 0 unspecified atom stereocenters. The Labute approximate surface area is 193 Å². The molecule has 2 aliphatic rings. The Morgan fingerprint density at radius 2 is 1.57 bits per heavy atom. The number of thioether (sulfide) groups is 1. The lowest BCUT2D eigenvalue weighted by atomic mass is 9.93. The monoisotopic (exact) mass is 469 g/mol. The Morgan fingerprint density at radius 1 is 0.933 bits per heavy atom. The topological polar surface area (TPSA) is 29.5 Å². The third kappa shape index (κ3) is 3.32. The van der Waals surface area contributed by atoms with Crippen LogP contribution in [0.1, 0.15) is 22.7 Å². The number of halogens is 2. The summed E-state index contributed by atoms with van der Waals surface area (Å²) in [5.74, 6) is 1.31. The molecule has 0 aliphatic carbocycles. The summed E-state index contributed by atoms with van der Waals surface area (Å²) in [4.78, 5) is 15.7. The average Bonchev–Trinajstić information content (AvgIpc) is 3.02.